The van der Waals surface area contributed by atoms with Gasteiger partial charge in [-0.1, -0.05) is 30.3 Å². The molecule has 0 amide bonds. The number of rotatable bonds is 4. The SMILES string of the molecule is Ic1ccc(-n2nc(C3CCN(Cc4ccccc4)CC3)c3c2NCC3)cc1. The number of anilines is 1. The molecule has 0 atom stereocenters. The lowest BCUT2D eigenvalue weighted by Crippen LogP contribution is -2.32. The van der Waals surface area contributed by atoms with Crippen LogP contribution < -0.4 is 5.32 Å². The van der Waals surface area contributed by atoms with Gasteiger partial charge in [-0.05, 0) is 84.8 Å². The van der Waals surface area contributed by atoms with Crippen LogP contribution in [0.4, 0.5) is 5.82 Å². The van der Waals surface area contributed by atoms with Gasteiger partial charge in [0, 0.05) is 28.1 Å². The van der Waals surface area contributed by atoms with Crippen molar-refractivity contribution in [2.75, 3.05) is 25.0 Å². The highest BCUT2D eigenvalue weighted by atomic mass is 127. The van der Waals surface area contributed by atoms with E-state index in [9.17, 15) is 0 Å². The zero-order chi connectivity index (χ0) is 18.9. The second kappa shape index (κ2) is 7.87. The van der Waals surface area contributed by atoms with E-state index < -0.39 is 0 Å². The van der Waals surface area contributed by atoms with E-state index in [1.807, 2.05) is 0 Å². The van der Waals surface area contributed by atoms with E-state index in [4.69, 9.17) is 5.10 Å². The molecule has 0 bridgehead atoms. The lowest BCUT2D eigenvalue weighted by molar-refractivity contribution is 0.203. The number of nitrogens with zero attached hydrogens (tertiary/aromatic N) is 3. The summed E-state index contributed by atoms with van der Waals surface area (Å²) < 4.78 is 3.38. The van der Waals surface area contributed by atoms with Crippen LogP contribution in [0.5, 0.6) is 0 Å². The molecule has 1 N–H and O–H groups in total. The third kappa shape index (κ3) is 3.57. The van der Waals surface area contributed by atoms with E-state index in [1.54, 1.807) is 0 Å². The smallest absolute Gasteiger partial charge is 0.133 e. The Bertz CT molecular complexity index is 941. The standard InChI is InChI=1S/C23H25IN4/c24-19-6-8-20(9-7-19)28-23-21(10-13-25-23)22(26-28)18-11-14-27(15-12-18)16-17-4-2-1-3-5-17/h1-9,18,25H,10-16H2. The van der Waals surface area contributed by atoms with E-state index in [2.05, 4.69) is 92.1 Å². The molecule has 1 aromatic heterocycles. The van der Waals surface area contributed by atoms with Crippen LogP contribution in [0.25, 0.3) is 5.69 Å². The van der Waals surface area contributed by atoms with Crippen molar-refractivity contribution in [2.45, 2.75) is 31.7 Å². The number of piperidine rings is 1. The number of hydrogen-bond donors (Lipinski definition) is 1. The summed E-state index contributed by atoms with van der Waals surface area (Å²) in [5, 5.41) is 8.67. The fraction of sp³-hybridized carbons (Fsp3) is 0.348. The second-order valence-corrected chi connectivity index (χ2v) is 9.06. The van der Waals surface area contributed by atoms with Crippen LogP contribution in [0, 0.1) is 3.57 Å². The molecule has 0 radical (unpaired) electrons. The van der Waals surface area contributed by atoms with Gasteiger partial charge in [-0.2, -0.15) is 5.10 Å². The maximum absolute atomic E-state index is 5.10. The summed E-state index contributed by atoms with van der Waals surface area (Å²) in [5.74, 6) is 1.79. The third-order valence-corrected chi connectivity index (χ3v) is 6.70. The van der Waals surface area contributed by atoms with E-state index in [1.165, 1.54) is 39.1 Å². The molecule has 2 aromatic carbocycles. The molecule has 0 saturated carbocycles. The summed E-state index contributed by atoms with van der Waals surface area (Å²) in [4.78, 5) is 2.58. The monoisotopic (exact) mass is 484 g/mol. The van der Waals surface area contributed by atoms with Gasteiger partial charge >= 0.3 is 0 Å². The van der Waals surface area contributed by atoms with Gasteiger partial charge in [0.05, 0.1) is 11.4 Å². The number of halogens is 1. The van der Waals surface area contributed by atoms with Gasteiger partial charge in [0.15, 0.2) is 0 Å². The molecule has 5 heteroatoms. The Kier molecular flexibility index (Phi) is 5.11. The molecule has 1 fully saturated rings. The number of aromatic nitrogens is 2. The number of likely N-dealkylation sites (tertiary alicyclic amines) is 1. The number of benzene rings is 2. The summed E-state index contributed by atoms with van der Waals surface area (Å²) in [5.41, 5.74) is 5.34. The predicted molar refractivity (Wildman–Crippen MR) is 122 cm³/mol. The Morgan fingerprint density at radius 1 is 1.00 bits per heavy atom. The topological polar surface area (TPSA) is 33.1 Å². The van der Waals surface area contributed by atoms with Gasteiger partial charge < -0.3 is 5.32 Å². The van der Waals surface area contributed by atoms with Crippen LogP contribution >= 0.6 is 22.6 Å². The summed E-state index contributed by atoms with van der Waals surface area (Å²) >= 11 is 2.35. The van der Waals surface area contributed by atoms with E-state index in [0.29, 0.717) is 5.92 Å². The van der Waals surface area contributed by atoms with Crippen LogP contribution in [-0.4, -0.2) is 34.3 Å². The first kappa shape index (κ1) is 18.2. The van der Waals surface area contributed by atoms with E-state index >= 15 is 0 Å². The average Bonchev–Trinajstić information content (AvgIpc) is 3.33. The number of nitrogens with one attached hydrogen (secondary N) is 1. The van der Waals surface area contributed by atoms with Crippen LogP contribution in [0.15, 0.2) is 54.6 Å². The van der Waals surface area contributed by atoms with Crippen LogP contribution in [0.3, 0.4) is 0 Å². The highest BCUT2D eigenvalue weighted by Gasteiger charge is 2.30. The van der Waals surface area contributed by atoms with Gasteiger partial charge in [0.25, 0.3) is 0 Å². The summed E-state index contributed by atoms with van der Waals surface area (Å²) in [6, 6.07) is 19.5. The van der Waals surface area contributed by atoms with Crippen LogP contribution in [-0.2, 0) is 13.0 Å². The molecule has 0 unspecified atom stereocenters. The maximum atomic E-state index is 5.10. The van der Waals surface area contributed by atoms with Crippen molar-refractivity contribution in [1.82, 2.24) is 14.7 Å². The molecule has 0 aliphatic carbocycles. The molecule has 2 aliphatic heterocycles. The van der Waals surface area contributed by atoms with Crippen molar-refractivity contribution in [2.24, 2.45) is 0 Å². The second-order valence-electron chi connectivity index (χ2n) is 7.81. The van der Waals surface area contributed by atoms with Crippen molar-refractivity contribution in [1.29, 1.82) is 0 Å². The van der Waals surface area contributed by atoms with Gasteiger partial charge in [0.1, 0.15) is 5.82 Å². The Labute approximate surface area is 180 Å². The quantitative estimate of drug-likeness (QED) is 0.539. The lowest BCUT2D eigenvalue weighted by atomic mass is 9.90. The Morgan fingerprint density at radius 3 is 2.50 bits per heavy atom. The Morgan fingerprint density at radius 2 is 1.75 bits per heavy atom. The minimum Gasteiger partial charge on any atom is -0.369 e. The molecular formula is C23H25IN4. The summed E-state index contributed by atoms with van der Waals surface area (Å²) in [6.07, 6.45) is 3.49. The van der Waals surface area contributed by atoms with E-state index in [-0.39, 0.29) is 0 Å². The summed E-state index contributed by atoms with van der Waals surface area (Å²) in [6.45, 7) is 4.39. The molecule has 3 heterocycles. The lowest BCUT2D eigenvalue weighted by Gasteiger charge is -2.31. The fourth-order valence-corrected chi connectivity index (χ4v) is 4.86. The first-order chi connectivity index (χ1) is 13.8. The van der Waals surface area contributed by atoms with Crippen molar-refractivity contribution >= 4 is 28.4 Å². The molecule has 2 aliphatic rings. The minimum atomic E-state index is 0.575. The van der Waals surface area contributed by atoms with Crippen molar-refractivity contribution in [3.63, 3.8) is 0 Å². The third-order valence-electron chi connectivity index (χ3n) is 5.98. The Hall–Kier alpha value is -1.86. The first-order valence-corrected chi connectivity index (χ1v) is 11.2. The summed E-state index contributed by atoms with van der Waals surface area (Å²) in [7, 11) is 0. The highest BCUT2D eigenvalue weighted by Crippen LogP contribution is 2.37. The van der Waals surface area contributed by atoms with Crippen molar-refractivity contribution in [3.05, 3.63) is 75.0 Å². The molecule has 28 heavy (non-hydrogen) atoms. The molecule has 3 aromatic rings. The van der Waals surface area contributed by atoms with Crippen molar-refractivity contribution in [3.8, 4) is 5.69 Å². The first-order valence-electron chi connectivity index (χ1n) is 10.2. The number of fused-ring (bicyclic) bond motifs is 1. The van der Waals surface area contributed by atoms with Gasteiger partial charge in [-0.3, -0.25) is 4.90 Å². The van der Waals surface area contributed by atoms with Crippen LogP contribution in [0.1, 0.15) is 35.6 Å². The number of hydrogen-bond acceptors (Lipinski definition) is 3. The highest BCUT2D eigenvalue weighted by molar-refractivity contribution is 14.1. The van der Waals surface area contributed by atoms with Crippen molar-refractivity contribution < 1.29 is 0 Å². The zero-order valence-corrected chi connectivity index (χ0v) is 18.1. The predicted octanol–water partition coefficient (Wildman–Crippen LogP) is 4.82. The average molecular weight is 484 g/mol. The molecule has 5 rings (SSSR count). The molecule has 144 valence electrons. The maximum Gasteiger partial charge on any atom is 0.133 e. The Balaban J connectivity index is 1.33. The van der Waals surface area contributed by atoms with Gasteiger partial charge in [-0.25, -0.2) is 4.68 Å². The van der Waals surface area contributed by atoms with Gasteiger partial charge in [0.2, 0.25) is 0 Å². The molecular weight excluding hydrogens is 459 g/mol. The molecule has 1 saturated heterocycles. The van der Waals surface area contributed by atoms with Gasteiger partial charge in [-0.15, -0.1) is 0 Å². The minimum absolute atomic E-state index is 0.575. The van der Waals surface area contributed by atoms with E-state index in [0.717, 1.165) is 38.3 Å². The molecule has 4 nitrogen and oxygen atoms in total. The normalized spacial score (nSPS) is 17.5. The zero-order valence-electron chi connectivity index (χ0n) is 15.9. The molecule has 0 spiro atoms. The van der Waals surface area contributed by atoms with Crippen LogP contribution in [0.2, 0.25) is 0 Å². The fourth-order valence-electron chi connectivity index (χ4n) is 4.50. The largest absolute Gasteiger partial charge is 0.369 e.